The van der Waals surface area contributed by atoms with Crippen LogP contribution in [-0.2, 0) is 9.53 Å². The molecule has 1 saturated carbocycles. The lowest BCUT2D eigenvalue weighted by atomic mass is 9.75. The van der Waals surface area contributed by atoms with Crippen LogP contribution in [0.1, 0.15) is 40.0 Å². The highest BCUT2D eigenvalue weighted by molar-refractivity contribution is 8.01. The van der Waals surface area contributed by atoms with Crippen molar-refractivity contribution in [2.45, 2.75) is 50.5 Å². The fraction of sp³-hybridized carbons (Fsp3) is 0.579. The average Bonchev–Trinajstić information content (AvgIpc) is 2.94. The van der Waals surface area contributed by atoms with Crippen molar-refractivity contribution in [1.29, 1.82) is 0 Å². The van der Waals surface area contributed by atoms with E-state index < -0.39 is 0 Å². The zero-order valence-electron chi connectivity index (χ0n) is 14.8. The number of thioether (sulfide) groups is 1. The predicted molar refractivity (Wildman–Crippen MR) is 107 cm³/mol. The molecule has 0 bridgehead atoms. The summed E-state index contributed by atoms with van der Waals surface area (Å²) in [5.74, 6) is 1.84. The number of ether oxygens (including phenoxy) is 1. The summed E-state index contributed by atoms with van der Waals surface area (Å²) < 4.78 is 7.81. The molecule has 0 aliphatic heterocycles. The average molecular weight is 398 g/mol. The monoisotopic (exact) mass is 397 g/mol. The van der Waals surface area contributed by atoms with Gasteiger partial charge in [-0.05, 0) is 48.8 Å². The Bertz CT molecular complexity index is 746. The number of benzene rings is 1. The van der Waals surface area contributed by atoms with Crippen LogP contribution in [0.3, 0.4) is 0 Å². The van der Waals surface area contributed by atoms with Crippen LogP contribution in [0.5, 0.6) is 0 Å². The number of carbonyl (C=O) groups is 1. The Morgan fingerprint density at radius 2 is 2.24 bits per heavy atom. The number of fused-ring (bicyclic) bond motifs is 1. The first-order valence-electron chi connectivity index (χ1n) is 8.80. The molecule has 136 valence electrons. The number of thiazole rings is 1. The molecule has 1 aromatic carbocycles. The van der Waals surface area contributed by atoms with Gasteiger partial charge in [-0.3, -0.25) is 4.79 Å². The zero-order chi connectivity index (χ0) is 18.0. The number of hydrogen-bond acceptors (Lipinski definition) is 5. The van der Waals surface area contributed by atoms with Gasteiger partial charge in [0.1, 0.15) is 6.10 Å². The molecule has 1 aliphatic rings. The first kappa shape index (κ1) is 19.0. The van der Waals surface area contributed by atoms with Crippen LogP contribution in [0.2, 0.25) is 5.02 Å². The van der Waals surface area contributed by atoms with Gasteiger partial charge >= 0.3 is 5.97 Å². The van der Waals surface area contributed by atoms with Crippen molar-refractivity contribution in [2.75, 3.05) is 5.75 Å². The summed E-state index contributed by atoms with van der Waals surface area (Å²) in [6, 6.07) is 5.68. The summed E-state index contributed by atoms with van der Waals surface area (Å²) in [5.41, 5.74) is 0.884. The normalized spacial score (nSPS) is 24.0. The summed E-state index contributed by atoms with van der Waals surface area (Å²) in [4.78, 5) is 16.9. The summed E-state index contributed by atoms with van der Waals surface area (Å²) >= 11 is 9.03. The molecule has 0 amide bonds. The summed E-state index contributed by atoms with van der Waals surface area (Å²) in [6.45, 7) is 6.70. The Labute approximate surface area is 162 Å². The van der Waals surface area contributed by atoms with Crippen molar-refractivity contribution in [1.82, 2.24) is 4.98 Å². The second-order valence-corrected chi connectivity index (χ2v) is 9.92. The molecule has 0 N–H and O–H groups in total. The minimum Gasteiger partial charge on any atom is -0.461 e. The summed E-state index contributed by atoms with van der Waals surface area (Å²) in [7, 11) is 0. The molecule has 2 aromatic rings. The number of hydrogen-bond donors (Lipinski definition) is 0. The van der Waals surface area contributed by atoms with Crippen LogP contribution in [-0.4, -0.2) is 22.8 Å². The number of aromatic nitrogens is 1. The predicted octanol–water partition coefficient (Wildman–Crippen LogP) is 6.05. The lowest BCUT2D eigenvalue weighted by Gasteiger charge is -2.36. The quantitative estimate of drug-likeness (QED) is 0.455. The van der Waals surface area contributed by atoms with Crippen molar-refractivity contribution < 1.29 is 9.53 Å². The van der Waals surface area contributed by atoms with Gasteiger partial charge < -0.3 is 4.74 Å². The highest BCUT2D eigenvalue weighted by atomic mass is 35.5. The van der Waals surface area contributed by atoms with E-state index in [1.807, 2.05) is 18.2 Å². The van der Waals surface area contributed by atoms with E-state index in [1.54, 1.807) is 11.3 Å². The third-order valence-electron chi connectivity index (χ3n) is 4.89. The van der Waals surface area contributed by atoms with Gasteiger partial charge in [-0.2, -0.15) is 0 Å². The Morgan fingerprint density at radius 1 is 1.44 bits per heavy atom. The van der Waals surface area contributed by atoms with Crippen molar-refractivity contribution in [3.63, 3.8) is 0 Å². The lowest BCUT2D eigenvalue weighted by Crippen LogP contribution is -2.36. The van der Waals surface area contributed by atoms with Gasteiger partial charge in [0, 0.05) is 5.02 Å². The molecule has 0 radical (unpaired) electrons. The Kier molecular flexibility index (Phi) is 6.29. The molecule has 3 rings (SSSR count). The minimum atomic E-state index is -0.132. The van der Waals surface area contributed by atoms with E-state index in [4.69, 9.17) is 16.3 Å². The van der Waals surface area contributed by atoms with E-state index in [2.05, 4.69) is 25.8 Å². The standard InChI is InChI=1S/C19H24ClNO2S2/c1-11(2)14-6-4-12(3)8-16(14)23-18(22)10-24-19-21-15-9-13(20)5-7-17(15)25-19/h5,7,9,11-12,14,16H,4,6,8,10H2,1-3H3/t12-,14+,16-/m1/s1. The van der Waals surface area contributed by atoms with E-state index in [0.29, 0.717) is 28.5 Å². The molecule has 1 aromatic heterocycles. The van der Waals surface area contributed by atoms with E-state index >= 15 is 0 Å². The maximum Gasteiger partial charge on any atom is 0.316 e. The molecule has 25 heavy (non-hydrogen) atoms. The molecule has 3 atom stereocenters. The fourth-order valence-corrected chi connectivity index (χ4v) is 5.51. The first-order valence-corrected chi connectivity index (χ1v) is 11.0. The molecule has 0 unspecified atom stereocenters. The smallest absolute Gasteiger partial charge is 0.316 e. The van der Waals surface area contributed by atoms with E-state index in [9.17, 15) is 4.79 Å². The summed E-state index contributed by atoms with van der Waals surface area (Å²) in [6.07, 6.45) is 3.44. The SMILES string of the molecule is CC(C)[C@@H]1CC[C@@H](C)C[C@H]1OC(=O)CSc1nc2cc(Cl)ccc2s1. The van der Waals surface area contributed by atoms with Crippen LogP contribution in [0.4, 0.5) is 0 Å². The summed E-state index contributed by atoms with van der Waals surface area (Å²) in [5, 5.41) is 0.680. The lowest BCUT2D eigenvalue weighted by molar-refractivity contribution is -0.152. The fourth-order valence-electron chi connectivity index (χ4n) is 3.51. The Hall–Kier alpha value is -0.780. The molecular formula is C19H24ClNO2S2. The molecule has 3 nitrogen and oxygen atoms in total. The van der Waals surface area contributed by atoms with Crippen molar-refractivity contribution >= 4 is 50.9 Å². The Balaban J connectivity index is 1.57. The number of esters is 1. The maximum absolute atomic E-state index is 12.3. The van der Waals surface area contributed by atoms with Gasteiger partial charge in [-0.25, -0.2) is 4.98 Å². The van der Waals surface area contributed by atoms with Gasteiger partial charge in [0.2, 0.25) is 0 Å². The van der Waals surface area contributed by atoms with Crippen molar-refractivity contribution in [3.05, 3.63) is 23.2 Å². The van der Waals surface area contributed by atoms with Gasteiger partial charge in [-0.15, -0.1) is 11.3 Å². The van der Waals surface area contributed by atoms with E-state index in [-0.39, 0.29) is 12.1 Å². The maximum atomic E-state index is 12.3. The van der Waals surface area contributed by atoms with E-state index in [1.165, 1.54) is 18.2 Å². The highest BCUT2D eigenvalue weighted by Gasteiger charge is 2.33. The van der Waals surface area contributed by atoms with Crippen LogP contribution >= 0.6 is 34.7 Å². The van der Waals surface area contributed by atoms with Crippen molar-refractivity contribution in [3.8, 4) is 0 Å². The van der Waals surface area contributed by atoms with E-state index in [0.717, 1.165) is 27.4 Å². The third kappa shape index (κ3) is 4.89. The topological polar surface area (TPSA) is 39.2 Å². The van der Waals surface area contributed by atoms with Gasteiger partial charge in [0.15, 0.2) is 4.34 Å². The first-order chi connectivity index (χ1) is 11.9. The largest absolute Gasteiger partial charge is 0.461 e. The highest BCUT2D eigenvalue weighted by Crippen LogP contribution is 2.36. The number of rotatable bonds is 5. The molecule has 0 saturated heterocycles. The van der Waals surface area contributed by atoms with Crippen molar-refractivity contribution in [2.24, 2.45) is 17.8 Å². The van der Waals surface area contributed by atoms with Gasteiger partial charge in [0.25, 0.3) is 0 Å². The second-order valence-electron chi connectivity index (χ2n) is 7.23. The molecule has 0 spiro atoms. The molecule has 1 aliphatic carbocycles. The van der Waals surface area contributed by atoms with Gasteiger partial charge in [-0.1, -0.05) is 50.6 Å². The second kappa shape index (κ2) is 8.28. The third-order valence-corrected chi connectivity index (χ3v) is 7.28. The van der Waals surface area contributed by atoms with Crippen LogP contribution in [0.25, 0.3) is 10.2 Å². The number of carbonyl (C=O) groups excluding carboxylic acids is 1. The molecular weight excluding hydrogens is 374 g/mol. The zero-order valence-corrected chi connectivity index (χ0v) is 17.2. The van der Waals surface area contributed by atoms with Crippen LogP contribution < -0.4 is 0 Å². The molecule has 1 heterocycles. The number of nitrogens with zero attached hydrogens (tertiary/aromatic N) is 1. The molecule has 1 fully saturated rings. The number of halogens is 1. The minimum absolute atomic E-state index is 0.0611. The van der Waals surface area contributed by atoms with Crippen LogP contribution in [0.15, 0.2) is 22.5 Å². The van der Waals surface area contributed by atoms with Crippen LogP contribution in [0, 0.1) is 17.8 Å². The molecule has 6 heteroatoms. The Morgan fingerprint density at radius 3 is 3.00 bits per heavy atom. The van der Waals surface area contributed by atoms with Gasteiger partial charge in [0.05, 0.1) is 16.0 Å².